The Morgan fingerprint density at radius 2 is 2.00 bits per heavy atom. The predicted molar refractivity (Wildman–Crippen MR) is 107 cm³/mol. The Kier molecular flexibility index (Phi) is 6.04. The van der Waals surface area contributed by atoms with Crippen molar-refractivity contribution in [1.82, 2.24) is 14.6 Å². The van der Waals surface area contributed by atoms with E-state index in [1.54, 1.807) is 24.9 Å². The third-order valence-electron chi connectivity index (χ3n) is 4.88. The number of carbonyl (C=O) groups is 1. The number of oxazole rings is 1. The molecule has 2 amide bonds. The van der Waals surface area contributed by atoms with Crippen molar-refractivity contribution in [2.24, 2.45) is 0 Å². The highest BCUT2D eigenvalue weighted by molar-refractivity contribution is 7.90. The molecule has 152 valence electrons. The Morgan fingerprint density at radius 3 is 2.57 bits per heavy atom. The Labute approximate surface area is 165 Å². The third kappa shape index (κ3) is 4.71. The average molecular weight is 407 g/mol. The molecule has 2 N–H and O–H groups in total. The van der Waals surface area contributed by atoms with Crippen LogP contribution in [0.2, 0.25) is 0 Å². The molecule has 1 aromatic carbocycles. The molecule has 28 heavy (non-hydrogen) atoms. The Morgan fingerprint density at radius 1 is 1.29 bits per heavy atom. The van der Waals surface area contributed by atoms with Gasteiger partial charge in [-0.2, -0.15) is 0 Å². The maximum absolute atomic E-state index is 12.6. The van der Waals surface area contributed by atoms with Crippen LogP contribution >= 0.6 is 0 Å². The maximum Gasteiger partial charge on any atom is 0.321 e. The second kappa shape index (κ2) is 8.32. The van der Waals surface area contributed by atoms with Gasteiger partial charge < -0.3 is 14.6 Å². The van der Waals surface area contributed by atoms with Gasteiger partial charge in [0.2, 0.25) is 15.9 Å². The van der Waals surface area contributed by atoms with Crippen molar-refractivity contribution < 1.29 is 17.6 Å². The van der Waals surface area contributed by atoms with Crippen LogP contribution in [0.5, 0.6) is 0 Å². The first-order valence-electron chi connectivity index (χ1n) is 9.34. The largest absolute Gasteiger partial charge is 0.445 e. The zero-order valence-electron chi connectivity index (χ0n) is 16.3. The summed E-state index contributed by atoms with van der Waals surface area (Å²) >= 11 is 0. The van der Waals surface area contributed by atoms with Gasteiger partial charge in [-0.25, -0.2) is 22.9 Å². The van der Waals surface area contributed by atoms with Crippen molar-refractivity contribution in [3.05, 3.63) is 36.2 Å². The van der Waals surface area contributed by atoms with Crippen LogP contribution < -0.4 is 10.0 Å². The van der Waals surface area contributed by atoms with Gasteiger partial charge >= 0.3 is 6.03 Å². The molecule has 0 radical (unpaired) electrons. The van der Waals surface area contributed by atoms with Crippen molar-refractivity contribution >= 4 is 21.7 Å². The van der Waals surface area contributed by atoms with Crippen LogP contribution in [0.15, 0.2) is 35.1 Å². The fraction of sp³-hybridized carbons (Fsp3) is 0.474. The molecule has 9 heteroatoms. The second-order valence-electron chi connectivity index (χ2n) is 7.27. The van der Waals surface area contributed by atoms with Crippen molar-refractivity contribution in [3.63, 3.8) is 0 Å². The number of hydrogen-bond donors (Lipinski definition) is 2. The maximum atomic E-state index is 12.6. The molecule has 0 atom stereocenters. The first kappa shape index (κ1) is 20.3. The number of sulfonamides is 1. The van der Waals surface area contributed by atoms with Crippen LogP contribution in [0, 0.1) is 6.92 Å². The van der Waals surface area contributed by atoms with Gasteiger partial charge in [0.05, 0.1) is 11.4 Å². The van der Waals surface area contributed by atoms with E-state index in [9.17, 15) is 13.2 Å². The molecule has 0 spiro atoms. The summed E-state index contributed by atoms with van der Waals surface area (Å²) < 4.78 is 32.0. The minimum atomic E-state index is -3.29. The summed E-state index contributed by atoms with van der Waals surface area (Å²) in [5, 5.41) is 2.47. The van der Waals surface area contributed by atoms with E-state index in [0.717, 1.165) is 16.8 Å². The predicted octanol–water partition coefficient (Wildman–Crippen LogP) is 2.97. The number of nitrogens with zero attached hydrogens (tertiary/aromatic N) is 2. The average Bonchev–Trinajstić information content (AvgIpc) is 3.18. The normalized spacial score (nSPS) is 15.8. The van der Waals surface area contributed by atoms with Gasteiger partial charge in [0, 0.05) is 30.4 Å². The van der Waals surface area contributed by atoms with Gasteiger partial charge in [0.15, 0.2) is 0 Å². The summed E-state index contributed by atoms with van der Waals surface area (Å²) in [7, 11) is -3.29. The first-order valence-corrected chi connectivity index (χ1v) is 10.9. The standard InChI is InChI=1S/C19H26N4O4S/c1-13(2)28(25,26)22-16-6-9-23(10-7-16)19(24)21-17-5-4-15(12-14(17)3)18-20-8-11-27-18/h4-5,8,11-13,16,22H,6-7,9-10H2,1-3H3,(H,21,24). The fourth-order valence-corrected chi connectivity index (χ4v) is 4.04. The van der Waals surface area contributed by atoms with Crippen molar-refractivity contribution in [2.75, 3.05) is 18.4 Å². The zero-order valence-corrected chi connectivity index (χ0v) is 17.1. The van der Waals surface area contributed by atoms with Crippen LogP contribution in [-0.4, -0.2) is 48.7 Å². The second-order valence-corrected chi connectivity index (χ2v) is 9.54. The smallest absolute Gasteiger partial charge is 0.321 e. The molecule has 2 heterocycles. The summed E-state index contributed by atoms with van der Waals surface area (Å²) in [4.78, 5) is 18.4. The Hall–Kier alpha value is -2.39. The highest BCUT2D eigenvalue weighted by Crippen LogP contribution is 2.24. The highest BCUT2D eigenvalue weighted by atomic mass is 32.2. The minimum Gasteiger partial charge on any atom is -0.445 e. The molecule has 1 fully saturated rings. The number of benzene rings is 1. The molecular formula is C19H26N4O4S. The number of nitrogens with one attached hydrogen (secondary N) is 2. The third-order valence-corrected chi connectivity index (χ3v) is 6.78. The minimum absolute atomic E-state index is 0.127. The van der Waals surface area contributed by atoms with Crippen molar-refractivity contribution in [3.8, 4) is 11.5 Å². The van der Waals surface area contributed by atoms with E-state index in [-0.39, 0.29) is 12.1 Å². The summed E-state index contributed by atoms with van der Waals surface area (Å²) in [6.07, 6.45) is 4.30. The Bertz CT molecular complexity index is 917. The van der Waals surface area contributed by atoms with E-state index < -0.39 is 15.3 Å². The van der Waals surface area contributed by atoms with Gasteiger partial charge in [0.1, 0.15) is 6.26 Å². The van der Waals surface area contributed by atoms with Crippen LogP contribution in [-0.2, 0) is 10.0 Å². The summed E-state index contributed by atoms with van der Waals surface area (Å²) in [6, 6.07) is 5.28. The van der Waals surface area contributed by atoms with Gasteiger partial charge in [-0.1, -0.05) is 0 Å². The van der Waals surface area contributed by atoms with Crippen LogP contribution in [0.4, 0.5) is 10.5 Å². The lowest BCUT2D eigenvalue weighted by molar-refractivity contribution is 0.193. The molecular weight excluding hydrogens is 380 g/mol. The number of rotatable bonds is 5. The van der Waals surface area contributed by atoms with Crippen molar-refractivity contribution in [1.29, 1.82) is 0 Å². The Balaban J connectivity index is 1.56. The molecule has 2 aromatic rings. The molecule has 0 aliphatic carbocycles. The molecule has 3 rings (SSSR count). The number of anilines is 1. The summed E-state index contributed by atoms with van der Waals surface area (Å²) in [5.74, 6) is 0.534. The number of likely N-dealkylation sites (tertiary alicyclic amines) is 1. The van der Waals surface area contributed by atoms with Crippen LogP contribution in [0.25, 0.3) is 11.5 Å². The topological polar surface area (TPSA) is 105 Å². The molecule has 0 unspecified atom stereocenters. The van der Waals surface area contributed by atoms with Crippen LogP contribution in [0.1, 0.15) is 32.3 Å². The lowest BCUT2D eigenvalue weighted by atomic mass is 10.1. The number of aromatic nitrogens is 1. The van der Waals surface area contributed by atoms with Crippen molar-refractivity contribution in [2.45, 2.75) is 44.9 Å². The lowest BCUT2D eigenvalue weighted by Gasteiger charge is -2.32. The summed E-state index contributed by atoms with van der Waals surface area (Å²) in [6.45, 7) is 6.23. The molecule has 1 aromatic heterocycles. The highest BCUT2D eigenvalue weighted by Gasteiger charge is 2.27. The molecule has 1 saturated heterocycles. The van der Waals surface area contributed by atoms with E-state index in [0.29, 0.717) is 31.8 Å². The molecule has 0 saturated carbocycles. The number of carbonyl (C=O) groups excluding carboxylic acids is 1. The lowest BCUT2D eigenvalue weighted by Crippen LogP contribution is -2.48. The van der Waals surface area contributed by atoms with E-state index in [4.69, 9.17) is 4.42 Å². The van der Waals surface area contributed by atoms with Gasteiger partial charge in [0.25, 0.3) is 0 Å². The molecule has 0 bridgehead atoms. The number of urea groups is 1. The SMILES string of the molecule is Cc1cc(-c2ncco2)ccc1NC(=O)N1CCC(NS(=O)(=O)C(C)C)CC1. The monoisotopic (exact) mass is 406 g/mol. The fourth-order valence-electron chi connectivity index (χ4n) is 3.07. The molecule has 1 aliphatic heterocycles. The number of amides is 2. The summed E-state index contributed by atoms with van der Waals surface area (Å²) in [5.41, 5.74) is 2.48. The number of hydrogen-bond acceptors (Lipinski definition) is 5. The number of aryl methyl sites for hydroxylation is 1. The van der Waals surface area contributed by atoms with E-state index in [1.807, 2.05) is 25.1 Å². The van der Waals surface area contributed by atoms with E-state index >= 15 is 0 Å². The van der Waals surface area contributed by atoms with Gasteiger partial charge in [-0.15, -0.1) is 0 Å². The molecule has 8 nitrogen and oxygen atoms in total. The first-order chi connectivity index (χ1) is 13.3. The zero-order chi connectivity index (χ0) is 20.3. The van der Waals surface area contributed by atoms with Gasteiger partial charge in [-0.3, -0.25) is 0 Å². The molecule has 1 aliphatic rings. The van der Waals surface area contributed by atoms with E-state index in [2.05, 4.69) is 15.0 Å². The van der Waals surface area contributed by atoms with E-state index in [1.165, 1.54) is 6.26 Å². The van der Waals surface area contributed by atoms with Crippen LogP contribution in [0.3, 0.4) is 0 Å². The van der Waals surface area contributed by atoms with Gasteiger partial charge in [-0.05, 0) is 57.4 Å². The quantitative estimate of drug-likeness (QED) is 0.794. The number of piperidine rings is 1.